The predicted octanol–water partition coefficient (Wildman–Crippen LogP) is 1.42. The highest BCUT2D eigenvalue weighted by Gasteiger charge is 2.29. The third kappa shape index (κ3) is 6.03. The number of ether oxygens (including phenoxy) is 1. The summed E-state index contributed by atoms with van der Waals surface area (Å²) in [5, 5.41) is 8.27. The lowest BCUT2D eigenvalue weighted by molar-refractivity contribution is -0.123. The second-order valence-corrected chi connectivity index (χ2v) is 6.82. The summed E-state index contributed by atoms with van der Waals surface area (Å²) in [5.41, 5.74) is 0.520. The number of morpholine rings is 1. The van der Waals surface area contributed by atoms with E-state index in [1.807, 2.05) is 18.2 Å². The van der Waals surface area contributed by atoms with Crippen LogP contribution in [-0.4, -0.2) is 61.3 Å². The highest BCUT2D eigenvalue weighted by atomic mass is 16.5. The van der Waals surface area contributed by atoms with E-state index < -0.39 is 12.1 Å². The fraction of sp³-hybridized carbons (Fsp3) is 0.556. The first-order valence-corrected chi connectivity index (χ1v) is 8.61. The minimum absolute atomic E-state index is 0.161. The zero-order valence-corrected chi connectivity index (χ0v) is 15.2. The molecule has 3 N–H and O–H groups in total. The predicted molar refractivity (Wildman–Crippen MR) is 97.5 cm³/mol. The molecule has 1 heterocycles. The van der Waals surface area contributed by atoms with E-state index in [-0.39, 0.29) is 11.4 Å². The van der Waals surface area contributed by atoms with Crippen LogP contribution in [0.5, 0.6) is 0 Å². The average molecular weight is 348 g/mol. The fourth-order valence-electron chi connectivity index (χ4n) is 2.69. The summed E-state index contributed by atoms with van der Waals surface area (Å²) in [4.78, 5) is 26.5. The van der Waals surface area contributed by atoms with Gasteiger partial charge < -0.3 is 20.7 Å². The molecule has 7 heteroatoms. The van der Waals surface area contributed by atoms with Gasteiger partial charge in [-0.3, -0.25) is 9.69 Å². The molecule has 0 aromatic heterocycles. The lowest BCUT2D eigenvalue weighted by Gasteiger charge is -2.41. The first-order chi connectivity index (χ1) is 11.9. The Bertz CT molecular complexity index is 571. The van der Waals surface area contributed by atoms with Gasteiger partial charge in [-0.25, -0.2) is 4.79 Å². The van der Waals surface area contributed by atoms with Crippen LogP contribution in [0.15, 0.2) is 30.3 Å². The molecule has 2 rings (SSSR count). The van der Waals surface area contributed by atoms with Gasteiger partial charge >= 0.3 is 6.03 Å². The van der Waals surface area contributed by atoms with Gasteiger partial charge in [0.25, 0.3) is 0 Å². The summed E-state index contributed by atoms with van der Waals surface area (Å²) in [6.07, 6.45) is 0. The molecule has 1 aromatic carbocycles. The number of carbonyl (C=O) groups excluding carboxylic acids is 2. The Hall–Kier alpha value is -2.12. The summed E-state index contributed by atoms with van der Waals surface area (Å²) in [6, 6.07) is 8.09. The van der Waals surface area contributed by atoms with E-state index in [1.165, 1.54) is 0 Å². The molecule has 0 bridgehead atoms. The fourth-order valence-corrected chi connectivity index (χ4v) is 2.69. The van der Waals surface area contributed by atoms with Crippen LogP contribution in [0, 0.1) is 0 Å². The van der Waals surface area contributed by atoms with E-state index in [4.69, 9.17) is 4.74 Å². The van der Waals surface area contributed by atoms with Crippen LogP contribution in [-0.2, 0) is 9.53 Å². The van der Waals surface area contributed by atoms with Gasteiger partial charge in [-0.2, -0.15) is 0 Å². The van der Waals surface area contributed by atoms with Crippen molar-refractivity contribution >= 4 is 17.6 Å². The summed E-state index contributed by atoms with van der Waals surface area (Å²) in [5.74, 6) is -0.204. The van der Waals surface area contributed by atoms with Gasteiger partial charge in [0.05, 0.1) is 13.2 Å². The summed E-state index contributed by atoms with van der Waals surface area (Å²) >= 11 is 0. The topological polar surface area (TPSA) is 82.7 Å². The first kappa shape index (κ1) is 19.2. The van der Waals surface area contributed by atoms with Crippen molar-refractivity contribution in [2.24, 2.45) is 0 Å². The summed E-state index contributed by atoms with van der Waals surface area (Å²) in [6.45, 7) is 9.52. The Morgan fingerprint density at radius 2 is 1.84 bits per heavy atom. The maximum absolute atomic E-state index is 12.3. The molecule has 3 amide bonds. The van der Waals surface area contributed by atoms with E-state index in [2.05, 4.69) is 34.7 Å². The minimum Gasteiger partial charge on any atom is -0.379 e. The van der Waals surface area contributed by atoms with E-state index in [1.54, 1.807) is 19.1 Å². The lowest BCUT2D eigenvalue weighted by atomic mass is 10.0. The Morgan fingerprint density at radius 3 is 2.48 bits per heavy atom. The number of para-hydroxylation sites is 1. The second-order valence-electron chi connectivity index (χ2n) is 6.82. The number of nitrogens with zero attached hydrogens (tertiary/aromatic N) is 1. The van der Waals surface area contributed by atoms with Crippen molar-refractivity contribution in [3.8, 4) is 0 Å². The SMILES string of the molecule is C[C@H](NC(=O)Nc1ccccc1)C(=O)NCC(C)(C)N1CCOCC1. The van der Waals surface area contributed by atoms with Crippen LogP contribution < -0.4 is 16.0 Å². The smallest absolute Gasteiger partial charge is 0.319 e. The maximum atomic E-state index is 12.3. The summed E-state index contributed by atoms with van der Waals surface area (Å²) in [7, 11) is 0. The Labute approximate surface area is 149 Å². The molecule has 1 aliphatic rings. The molecule has 1 aromatic rings. The van der Waals surface area contributed by atoms with Crippen LogP contribution in [0.1, 0.15) is 20.8 Å². The molecule has 1 saturated heterocycles. The number of benzene rings is 1. The molecule has 0 saturated carbocycles. The standard InChI is InChI=1S/C18H28N4O3/c1-14(20-17(24)21-15-7-5-4-6-8-15)16(23)19-13-18(2,3)22-9-11-25-12-10-22/h4-8,14H,9-13H2,1-3H3,(H,19,23)(H2,20,21,24)/t14-/m0/s1. The van der Waals surface area contributed by atoms with Crippen molar-refractivity contribution < 1.29 is 14.3 Å². The number of hydrogen-bond acceptors (Lipinski definition) is 4. The second kappa shape index (κ2) is 8.82. The third-order valence-corrected chi connectivity index (χ3v) is 4.33. The van der Waals surface area contributed by atoms with Crippen molar-refractivity contribution in [2.75, 3.05) is 38.2 Å². The molecule has 0 radical (unpaired) electrons. The van der Waals surface area contributed by atoms with Crippen molar-refractivity contribution in [1.82, 2.24) is 15.5 Å². The van der Waals surface area contributed by atoms with Crippen LogP contribution in [0.3, 0.4) is 0 Å². The Morgan fingerprint density at radius 1 is 1.20 bits per heavy atom. The molecule has 25 heavy (non-hydrogen) atoms. The Kier molecular flexibility index (Phi) is 6.78. The van der Waals surface area contributed by atoms with Crippen LogP contribution in [0.25, 0.3) is 0 Å². The van der Waals surface area contributed by atoms with Gasteiger partial charge in [-0.1, -0.05) is 18.2 Å². The number of amides is 3. The van der Waals surface area contributed by atoms with E-state index in [9.17, 15) is 9.59 Å². The lowest BCUT2D eigenvalue weighted by Crippen LogP contribution is -2.57. The third-order valence-electron chi connectivity index (χ3n) is 4.33. The zero-order chi connectivity index (χ0) is 18.3. The number of urea groups is 1. The molecule has 0 unspecified atom stereocenters. The minimum atomic E-state index is -0.621. The normalized spacial score (nSPS) is 16.8. The van der Waals surface area contributed by atoms with Gasteiger partial charge in [0.15, 0.2) is 0 Å². The van der Waals surface area contributed by atoms with Gasteiger partial charge in [-0.05, 0) is 32.9 Å². The largest absolute Gasteiger partial charge is 0.379 e. The molecule has 1 fully saturated rings. The number of hydrogen-bond donors (Lipinski definition) is 3. The Balaban J connectivity index is 1.76. The van der Waals surface area contributed by atoms with Gasteiger partial charge in [0, 0.05) is 30.9 Å². The molecule has 138 valence electrons. The molecular formula is C18H28N4O3. The van der Waals surface area contributed by atoms with Crippen LogP contribution in [0.2, 0.25) is 0 Å². The highest BCUT2D eigenvalue weighted by Crippen LogP contribution is 2.15. The van der Waals surface area contributed by atoms with E-state index >= 15 is 0 Å². The maximum Gasteiger partial charge on any atom is 0.319 e. The quantitative estimate of drug-likeness (QED) is 0.726. The molecule has 1 atom stereocenters. The van der Waals surface area contributed by atoms with E-state index in [0.717, 1.165) is 26.3 Å². The van der Waals surface area contributed by atoms with E-state index in [0.29, 0.717) is 12.2 Å². The van der Waals surface area contributed by atoms with Crippen molar-refractivity contribution in [1.29, 1.82) is 0 Å². The highest BCUT2D eigenvalue weighted by molar-refractivity contribution is 5.93. The first-order valence-electron chi connectivity index (χ1n) is 8.61. The van der Waals surface area contributed by atoms with Gasteiger partial charge in [-0.15, -0.1) is 0 Å². The van der Waals surface area contributed by atoms with Crippen molar-refractivity contribution in [2.45, 2.75) is 32.4 Å². The van der Waals surface area contributed by atoms with Crippen LogP contribution >= 0.6 is 0 Å². The number of rotatable bonds is 6. The van der Waals surface area contributed by atoms with Crippen LogP contribution in [0.4, 0.5) is 10.5 Å². The number of carbonyl (C=O) groups is 2. The van der Waals surface area contributed by atoms with Crippen molar-refractivity contribution in [3.05, 3.63) is 30.3 Å². The molecule has 7 nitrogen and oxygen atoms in total. The van der Waals surface area contributed by atoms with Gasteiger partial charge in [0.2, 0.25) is 5.91 Å². The molecule has 0 spiro atoms. The monoisotopic (exact) mass is 348 g/mol. The summed E-state index contributed by atoms with van der Waals surface area (Å²) < 4.78 is 5.37. The average Bonchev–Trinajstić information content (AvgIpc) is 2.61. The molecule has 1 aliphatic heterocycles. The molecular weight excluding hydrogens is 320 g/mol. The van der Waals surface area contributed by atoms with Gasteiger partial charge in [0.1, 0.15) is 6.04 Å². The van der Waals surface area contributed by atoms with Crippen molar-refractivity contribution in [3.63, 3.8) is 0 Å². The molecule has 0 aliphatic carbocycles. The number of anilines is 1. The zero-order valence-electron chi connectivity index (χ0n) is 15.2. The number of nitrogens with one attached hydrogen (secondary N) is 3.